The Morgan fingerprint density at radius 3 is 2.53 bits per heavy atom. The number of halogens is 2. The van der Waals surface area contributed by atoms with Gasteiger partial charge in [0.15, 0.2) is 10.3 Å². The summed E-state index contributed by atoms with van der Waals surface area (Å²) in [4.78, 5) is 0. The number of rotatable bonds is 3. The summed E-state index contributed by atoms with van der Waals surface area (Å²) in [7, 11) is 1.64. The summed E-state index contributed by atoms with van der Waals surface area (Å²) < 4.78 is 16.8. The van der Waals surface area contributed by atoms with Crippen molar-refractivity contribution in [3.63, 3.8) is 0 Å². The molecule has 17 heavy (non-hydrogen) atoms. The van der Waals surface area contributed by atoms with Gasteiger partial charge in [-0.25, -0.2) is 9.07 Å². The highest BCUT2D eigenvalue weighted by Crippen LogP contribution is 2.35. The van der Waals surface area contributed by atoms with Crippen LogP contribution in [0, 0.1) is 0 Å². The SMILES string of the molecule is Cn1nnc(Br)c1C(F)(CN)c1ccccc1. The van der Waals surface area contributed by atoms with Gasteiger partial charge in [0.2, 0.25) is 0 Å². The average Bonchev–Trinajstić information content (AvgIpc) is 2.70. The first-order chi connectivity index (χ1) is 8.09. The Morgan fingerprint density at radius 2 is 2.06 bits per heavy atom. The Kier molecular flexibility index (Phi) is 3.26. The molecule has 0 aliphatic carbocycles. The fourth-order valence-electron chi connectivity index (χ4n) is 1.81. The van der Waals surface area contributed by atoms with Crippen molar-refractivity contribution >= 4 is 15.9 Å². The second-order valence-corrected chi connectivity index (χ2v) is 4.47. The van der Waals surface area contributed by atoms with Crippen molar-refractivity contribution in [2.24, 2.45) is 12.8 Å². The van der Waals surface area contributed by atoms with Crippen LogP contribution in [0.5, 0.6) is 0 Å². The van der Waals surface area contributed by atoms with Gasteiger partial charge in [-0.15, -0.1) is 5.10 Å². The zero-order valence-electron chi connectivity index (χ0n) is 9.27. The predicted molar refractivity (Wildman–Crippen MR) is 66.1 cm³/mol. The van der Waals surface area contributed by atoms with Crippen molar-refractivity contribution < 1.29 is 4.39 Å². The van der Waals surface area contributed by atoms with Crippen LogP contribution in [0.4, 0.5) is 4.39 Å². The molecule has 2 N–H and O–H groups in total. The monoisotopic (exact) mass is 298 g/mol. The highest BCUT2D eigenvalue weighted by molar-refractivity contribution is 9.10. The van der Waals surface area contributed by atoms with Gasteiger partial charge in [0.25, 0.3) is 0 Å². The molecule has 0 aliphatic heterocycles. The van der Waals surface area contributed by atoms with Gasteiger partial charge in [-0.05, 0) is 21.5 Å². The van der Waals surface area contributed by atoms with Gasteiger partial charge in [-0.2, -0.15) is 0 Å². The molecule has 0 saturated carbocycles. The molecule has 1 aromatic carbocycles. The minimum atomic E-state index is -1.79. The number of aryl methyl sites for hydroxylation is 1. The second kappa shape index (κ2) is 4.54. The van der Waals surface area contributed by atoms with Crippen LogP contribution in [0.2, 0.25) is 0 Å². The largest absolute Gasteiger partial charge is 0.327 e. The Morgan fingerprint density at radius 1 is 1.41 bits per heavy atom. The van der Waals surface area contributed by atoms with Crippen molar-refractivity contribution in [2.45, 2.75) is 5.67 Å². The van der Waals surface area contributed by atoms with Gasteiger partial charge < -0.3 is 5.73 Å². The molecule has 4 nitrogen and oxygen atoms in total. The minimum Gasteiger partial charge on any atom is -0.327 e. The predicted octanol–water partition coefficient (Wildman–Crippen LogP) is 1.75. The van der Waals surface area contributed by atoms with Crippen molar-refractivity contribution in [1.29, 1.82) is 0 Å². The molecule has 0 spiro atoms. The number of hydrogen-bond donors (Lipinski definition) is 1. The number of hydrogen-bond acceptors (Lipinski definition) is 3. The van der Waals surface area contributed by atoms with Crippen molar-refractivity contribution in [3.05, 3.63) is 46.2 Å². The molecule has 0 aliphatic rings. The van der Waals surface area contributed by atoms with Crippen LogP contribution >= 0.6 is 15.9 Å². The number of nitrogens with two attached hydrogens (primary N) is 1. The Labute approximate surface area is 107 Å². The lowest BCUT2D eigenvalue weighted by atomic mass is 9.93. The number of aromatic nitrogens is 3. The second-order valence-electron chi connectivity index (χ2n) is 3.72. The normalized spacial score (nSPS) is 14.6. The number of alkyl halides is 1. The molecule has 2 rings (SSSR count). The van der Waals surface area contributed by atoms with Gasteiger partial charge in [0.1, 0.15) is 5.69 Å². The lowest BCUT2D eigenvalue weighted by Gasteiger charge is -2.24. The molecular formula is C11H12BrFN4. The molecule has 0 amide bonds. The summed E-state index contributed by atoms with van der Waals surface area (Å²) in [6, 6.07) is 8.78. The van der Waals surface area contributed by atoms with Crippen LogP contribution in [-0.2, 0) is 12.7 Å². The molecule has 1 aromatic heterocycles. The van der Waals surface area contributed by atoms with Crippen LogP contribution in [0.3, 0.4) is 0 Å². The van der Waals surface area contributed by atoms with Crippen LogP contribution < -0.4 is 5.73 Å². The van der Waals surface area contributed by atoms with E-state index in [2.05, 4.69) is 26.2 Å². The summed E-state index contributed by atoms with van der Waals surface area (Å²) in [5.41, 5.74) is 4.63. The van der Waals surface area contributed by atoms with Crippen molar-refractivity contribution in [1.82, 2.24) is 15.0 Å². The fraction of sp³-hybridized carbons (Fsp3) is 0.273. The van der Waals surface area contributed by atoms with Gasteiger partial charge in [0, 0.05) is 13.6 Å². The Hall–Kier alpha value is -1.27. The maximum atomic E-state index is 15.1. The maximum absolute atomic E-state index is 15.1. The number of benzene rings is 1. The van der Waals surface area contributed by atoms with E-state index in [1.54, 1.807) is 31.3 Å². The molecule has 1 heterocycles. The van der Waals surface area contributed by atoms with Gasteiger partial charge >= 0.3 is 0 Å². The first-order valence-corrected chi connectivity index (χ1v) is 5.89. The zero-order valence-corrected chi connectivity index (χ0v) is 10.9. The van der Waals surface area contributed by atoms with E-state index in [1.807, 2.05) is 6.07 Å². The molecule has 6 heteroatoms. The minimum absolute atomic E-state index is 0.170. The van der Waals surface area contributed by atoms with Crippen LogP contribution in [0.15, 0.2) is 34.9 Å². The van der Waals surface area contributed by atoms with E-state index < -0.39 is 5.67 Å². The first-order valence-electron chi connectivity index (χ1n) is 5.09. The molecule has 0 bridgehead atoms. The van der Waals surface area contributed by atoms with E-state index in [1.165, 1.54) is 4.68 Å². The van der Waals surface area contributed by atoms with E-state index in [0.29, 0.717) is 15.9 Å². The Bertz CT molecular complexity index is 494. The fourth-order valence-corrected chi connectivity index (χ4v) is 2.45. The third-order valence-electron chi connectivity index (χ3n) is 2.67. The molecule has 0 fully saturated rings. The molecular weight excluding hydrogens is 287 g/mol. The standard InChI is InChI=1S/C11H12BrFN4/c1-17-9(10(12)15-16-17)11(13,7-14)8-5-3-2-4-6-8/h2-6H,7,14H2,1H3. The molecule has 0 saturated heterocycles. The van der Waals surface area contributed by atoms with Gasteiger partial charge in [-0.3, -0.25) is 0 Å². The van der Waals surface area contributed by atoms with E-state index in [4.69, 9.17) is 5.73 Å². The van der Waals surface area contributed by atoms with Crippen LogP contribution in [0.1, 0.15) is 11.3 Å². The zero-order chi connectivity index (χ0) is 12.5. The summed E-state index contributed by atoms with van der Waals surface area (Å²) >= 11 is 3.20. The van der Waals surface area contributed by atoms with Crippen molar-refractivity contribution in [3.8, 4) is 0 Å². The summed E-state index contributed by atoms with van der Waals surface area (Å²) in [6.45, 7) is -0.170. The highest BCUT2D eigenvalue weighted by atomic mass is 79.9. The van der Waals surface area contributed by atoms with Gasteiger partial charge in [-0.1, -0.05) is 35.5 Å². The third kappa shape index (κ3) is 1.98. The smallest absolute Gasteiger partial charge is 0.192 e. The summed E-state index contributed by atoms with van der Waals surface area (Å²) in [6.07, 6.45) is 0. The lowest BCUT2D eigenvalue weighted by Crippen LogP contribution is -2.34. The van der Waals surface area contributed by atoms with Crippen LogP contribution in [0.25, 0.3) is 0 Å². The lowest BCUT2D eigenvalue weighted by molar-refractivity contribution is 0.216. The molecule has 90 valence electrons. The third-order valence-corrected chi connectivity index (χ3v) is 3.21. The van der Waals surface area contributed by atoms with E-state index in [0.717, 1.165) is 0 Å². The van der Waals surface area contributed by atoms with E-state index >= 15 is 4.39 Å². The molecule has 0 radical (unpaired) electrons. The van der Waals surface area contributed by atoms with Crippen LogP contribution in [-0.4, -0.2) is 21.5 Å². The maximum Gasteiger partial charge on any atom is 0.192 e. The highest BCUT2D eigenvalue weighted by Gasteiger charge is 2.38. The van der Waals surface area contributed by atoms with Crippen molar-refractivity contribution in [2.75, 3.05) is 6.54 Å². The topological polar surface area (TPSA) is 56.7 Å². The van der Waals surface area contributed by atoms with Gasteiger partial charge in [0.05, 0.1) is 0 Å². The molecule has 2 aromatic rings. The first kappa shape index (κ1) is 12.2. The summed E-state index contributed by atoms with van der Waals surface area (Å²) in [5.74, 6) is 0. The number of nitrogens with zero attached hydrogens (tertiary/aromatic N) is 3. The van der Waals surface area contributed by atoms with E-state index in [9.17, 15) is 0 Å². The average molecular weight is 299 g/mol. The molecule has 1 atom stereocenters. The van der Waals surface area contributed by atoms with E-state index in [-0.39, 0.29) is 6.54 Å². The molecule has 1 unspecified atom stereocenters. The quantitative estimate of drug-likeness (QED) is 0.939. The Balaban J connectivity index is 2.60. The summed E-state index contributed by atoms with van der Waals surface area (Å²) in [5, 5.41) is 7.57.